The van der Waals surface area contributed by atoms with Gasteiger partial charge in [-0.1, -0.05) is 12.1 Å². The Morgan fingerprint density at radius 3 is 2.22 bits per heavy atom. The summed E-state index contributed by atoms with van der Waals surface area (Å²) in [5, 5.41) is 0.497. The minimum Gasteiger partial charge on any atom is -0.466 e. The quantitative estimate of drug-likeness (QED) is 0.113. The van der Waals surface area contributed by atoms with Crippen molar-refractivity contribution in [2.45, 2.75) is 6.36 Å². The van der Waals surface area contributed by atoms with Gasteiger partial charge in [0.15, 0.2) is 5.75 Å². The van der Waals surface area contributed by atoms with Crippen LogP contribution >= 0.6 is 11.3 Å². The molecule has 10 heteroatoms. The highest BCUT2D eigenvalue weighted by atomic mass is 32.1. The maximum Gasteiger partial charge on any atom is 0.573 e. The number of esters is 1. The lowest BCUT2D eigenvalue weighted by Gasteiger charge is -2.10. The third-order valence-electron chi connectivity index (χ3n) is 4.88. The third-order valence-corrected chi connectivity index (χ3v) is 6.01. The molecule has 184 valence electrons. The van der Waals surface area contributed by atoms with Gasteiger partial charge in [-0.3, -0.25) is 4.79 Å². The van der Waals surface area contributed by atoms with Crippen LogP contribution in [0.4, 0.5) is 17.6 Å². The molecule has 1 aromatic heterocycles. The fourth-order valence-electron chi connectivity index (χ4n) is 3.23. The van der Waals surface area contributed by atoms with Gasteiger partial charge < -0.3 is 14.2 Å². The van der Waals surface area contributed by atoms with E-state index in [-0.39, 0.29) is 16.2 Å². The summed E-state index contributed by atoms with van der Waals surface area (Å²) in [6.07, 6.45) is -2.04. The van der Waals surface area contributed by atoms with Crippen LogP contribution in [0, 0.1) is 5.82 Å². The van der Waals surface area contributed by atoms with E-state index < -0.39 is 29.7 Å². The number of ketones is 1. The maximum absolute atomic E-state index is 13.8. The number of carbonyl (C=O) groups excluding carboxylic acids is 2. The standard InChI is InChI=1S/C26H16F4O5S/c1-33-22(31)13-4-15-2-8-18(9-3-15)34-24-20-12-7-17(27)14-21(20)36-25(24)23(32)16-5-10-19(11-6-16)35-26(28,29)30/h2-14H,1H3/b13-4+. The van der Waals surface area contributed by atoms with Crippen LogP contribution in [0.15, 0.2) is 72.8 Å². The Hall–Kier alpha value is -4.18. The van der Waals surface area contributed by atoms with Gasteiger partial charge in [-0.2, -0.15) is 0 Å². The molecule has 4 aromatic rings. The molecule has 3 aromatic carbocycles. The Morgan fingerprint density at radius 2 is 1.58 bits per heavy atom. The second-order valence-corrected chi connectivity index (χ2v) is 8.38. The monoisotopic (exact) mass is 516 g/mol. The molecule has 0 saturated carbocycles. The Bertz CT molecular complexity index is 1440. The van der Waals surface area contributed by atoms with Crippen molar-refractivity contribution < 1.29 is 41.4 Å². The first kappa shape index (κ1) is 24.9. The predicted octanol–water partition coefficient (Wildman–Crippen LogP) is 7.15. The molecular formula is C26H16F4O5S. The lowest BCUT2D eigenvalue weighted by atomic mass is 10.1. The Kier molecular flexibility index (Phi) is 7.07. The lowest BCUT2D eigenvalue weighted by molar-refractivity contribution is -0.274. The molecule has 4 rings (SSSR count). The van der Waals surface area contributed by atoms with Crippen LogP contribution in [0.1, 0.15) is 20.8 Å². The van der Waals surface area contributed by atoms with Gasteiger partial charge in [0.25, 0.3) is 0 Å². The van der Waals surface area contributed by atoms with Crippen LogP contribution in [0.3, 0.4) is 0 Å². The normalized spacial score (nSPS) is 11.6. The van der Waals surface area contributed by atoms with Gasteiger partial charge in [0.2, 0.25) is 5.78 Å². The zero-order valence-corrected chi connectivity index (χ0v) is 19.3. The number of halogens is 4. The van der Waals surface area contributed by atoms with Crippen LogP contribution < -0.4 is 9.47 Å². The summed E-state index contributed by atoms with van der Waals surface area (Å²) in [6, 6.07) is 15.1. The summed E-state index contributed by atoms with van der Waals surface area (Å²) in [6.45, 7) is 0. The predicted molar refractivity (Wildman–Crippen MR) is 126 cm³/mol. The van der Waals surface area contributed by atoms with Crippen molar-refractivity contribution >= 4 is 39.3 Å². The molecule has 0 atom stereocenters. The molecule has 1 heterocycles. The third kappa shape index (κ3) is 5.89. The second kappa shape index (κ2) is 10.2. The van der Waals surface area contributed by atoms with Crippen molar-refractivity contribution in [3.05, 3.63) is 94.6 Å². The van der Waals surface area contributed by atoms with Gasteiger partial charge in [0.05, 0.1) is 7.11 Å². The number of carbonyl (C=O) groups is 2. The second-order valence-electron chi connectivity index (χ2n) is 7.33. The number of thiophene rings is 1. The van der Waals surface area contributed by atoms with Gasteiger partial charge in [0, 0.05) is 21.7 Å². The highest BCUT2D eigenvalue weighted by molar-refractivity contribution is 7.21. The first-order chi connectivity index (χ1) is 17.1. The molecule has 0 radical (unpaired) electrons. The van der Waals surface area contributed by atoms with E-state index in [0.717, 1.165) is 23.5 Å². The minimum absolute atomic E-state index is 0.102. The molecule has 0 saturated heterocycles. The van der Waals surface area contributed by atoms with Gasteiger partial charge in [-0.25, -0.2) is 9.18 Å². The first-order valence-corrected chi connectivity index (χ1v) is 11.1. The van der Waals surface area contributed by atoms with E-state index in [1.165, 1.54) is 43.5 Å². The number of alkyl halides is 3. The van der Waals surface area contributed by atoms with Crippen molar-refractivity contribution in [3.63, 3.8) is 0 Å². The number of hydrogen-bond acceptors (Lipinski definition) is 6. The molecule has 0 aliphatic carbocycles. The molecule has 0 unspecified atom stereocenters. The number of benzene rings is 3. The molecule has 0 aliphatic rings. The van der Waals surface area contributed by atoms with E-state index in [1.807, 2.05) is 0 Å². The van der Waals surface area contributed by atoms with Crippen molar-refractivity contribution in [2.24, 2.45) is 0 Å². The molecular weight excluding hydrogens is 500 g/mol. The van der Waals surface area contributed by atoms with Crippen LogP contribution in [-0.4, -0.2) is 25.2 Å². The maximum atomic E-state index is 13.8. The Morgan fingerprint density at radius 1 is 0.917 bits per heavy atom. The largest absolute Gasteiger partial charge is 0.573 e. The zero-order valence-electron chi connectivity index (χ0n) is 18.5. The molecule has 36 heavy (non-hydrogen) atoms. The number of hydrogen-bond donors (Lipinski definition) is 0. The van der Waals surface area contributed by atoms with Gasteiger partial charge >= 0.3 is 12.3 Å². The topological polar surface area (TPSA) is 61.8 Å². The highest BCUT2D eigenvalue weighted by Gasteiger charge is 2.31. The fourth-order valence-corrected chi connectivity index (χ4v) is 4.35. The average Bonchev–Trinajstić information content (AvgIpc) is 3.19. The number of ether oxygens (including phenoxy) is 3. The van der Waals surface area contributed by atoms with Crippen molar-refractivity contribution in [2.75, 3.05) is 7.11 Å². The SMILES string of the molecule is COC(=O)/C=C/c1ccc(Oc2c(C(=O)c3ccc(OC(F)(F)F)cc3)sc3cc(F)ccc23)cc1. The van der Waals surface area contributed by atoms with Crippen LogP contribution in [-0.2, 0) is 9.53 Å². The number of rotatable bonds is 7. The molecule has 0 N–H and O–H groups in total. The summed E-state index contributed by atoms with van der Waals surface area (Å²) >= 11 is 1.00. The zero-order chi connectivity index (χ0) is 25.9. The summed E-state index contributed by atoms with van der Waals surface area (Å²) in [4.78, 5) is 24.7. The average molecular weight is 516 g/mol. The van der Waals surface area contributed by atoms with E-state index >= 15 is 0 Å². The van der Waals surface area contributed by atoms with E-state index in [4.69, 9.17) is 4.74 Å². The van der Waals surface area contributed by atoms with Crippen LogP contribution in [0.2, 0.25) is 0 Å². The van der Waals surface area contributed by atoms with E-state index in [9.17, 15) is 27.2 Å². The molecule has 5 nitrogen and oxygen atoms in total. The Balaban J connectivity index is 1.66. The number of methoxy groups -OCH3 is 1. The van der Waals surface area contributed by atoms with E-state index in [0.29, 0.717) is 21.4 Å². The highest BCUT2D eigenvalue weighted by Crippen LogP contribution is 2.42. The molecule has 0 fully saturated rings. The summed E-state index contributed by atoms with van der Waals surface area (Å²) in [5.74, 6) is -1.41. The van der Waals surface area contributed by atoms with Crippen molar-refractivity contribution in [3.8, 4) is 17.2 Å². The summed E-state index contributed by atoms with van der Waals surface area (Å²) in [5.41, 5.74) is 0.798. The minimum atomic E-state index is -4.85. The van der Waals surface area contributed by atoms with E-state index in [2.05, 4.69) is 9.47 Å². The molecule has 0 aliphatic heterocycles. The first-order valence-electron chi connectivity index (χ1n) is 10.3. The van der Waals surface area contributed by atoms with Crippen LogP contribution in [0.5, 0.6) is 17.2 Å². The smallest absolute Gasteiger partial charge is 0.466 e. The summed E-state index contributed by atoms with van der Waals surface area (Å²) in [7, 11) is 1.27. The Labute approximate surface area is 206 Å². The number of fused-ring (bicyclic) bond motifs is 1. The van der Waals surface area contributed by atoms with Crippen LogP contribution in [0.25, 0.3) is 16.2 Å². The van der Waals surface area contributed by atoms with Gasteiger partial charge in [-0.15, -0.1) is 24.5 Å². The van der Waals surface area contributed by atoms with Crippen molar-refractivity contribution in [1.29, 1.82) is 0 Å². The molecule has 0 spiro atoms. The molecule has 0 amide bonds. The fraction of sp³-hybridized carbons (Fsp3) is 0.0769. The van der Waals surface area contributed by atoms with E-state index in [1.54, 1.807) is 30.3 Å². The summed E-state index contributed by atoms with van der Waals surface area (Å²) < 4.78 is 66.0. The lowest BCUT2D eigenvalue weighted by Crippen LogP contribution is -2.17. The van der Waals surface area contributed by atoms with Gasteiger partial charge in [-0.05, 0) is 66.2 Å². The van der Waals surface area contributed by atoms with Gasteiger partial charge in [0.1, 0.15) is 22.2 Å². The van der Waals surface area contributed by atoms with Crippen molar-refractivity contribution in [1.82, 2.24) is 0 Å². The molecule has 0 bridgehead atoms.